The van der Waals surface area contributed by atoms with E-state index in [1.165, 1.54) is 81.0 Å². The Morgan fingerprint density at radius 3 is 1.71 bits per heavy atom. The van der Waals surface area contributed by atoms with Gasteiger partial charge in [-0.15, -0.1) is 11.3 Å². The van der Waals surface area contributed by atoms with Crippen LogP contribution in [0.4, 0.5) is 17.1 Å². The molecule has 258 valence electrons. The van der Waals surface area contributed by atoms with Gasteiger partial charge in [-0.2, -0.15) is 0 Å². The van der Waals surface area contributed by atoms with Crippen molar-refractivity contribution in [2.75, 3.05) is 4.90 Å². The van der Waals surface area contributed by atoms with Gasteiger partial charge in [0, 0.05) is 43.2 Å². The molecule has 0 amide bonds. The van der Waals surface area contributed by atoms with Crippen LogP contribution in [-0.4, -0.2) is 0 Å². The van der Waals surface area contributed by atoms with Gasteiger partial charge in [0.25, 0.3) is 0 Å². The average molecular weight is 718 g/mol. The topological polar surface area (TPSA) is 3.24 Å². The van der Waals surface area contributed by atoms with Crippen molar-refractivity contribution in [2.24, 2.45) is 0 Å². The summed E-state index contributed by atoms with van der Waals surface area (Å²) in [6.45, 7) is 0. The summed E-state index contributed by atoms with van der Waals surface area (Å²) in [4.78, 5) is 2.31. The van der Waals surface area contributed by atoms with E-state index in [1.54, 1.807) is 0 Å². The summed E-state index contributed by atoms with van der Waals surface area (Å²) in [5.74, 6) is 0.191. The molecule has 1 heterocycles. The zero-order chi connectivity index (χ0) is 36.3. The van der Waals surface area contributed by atoms with Gasteiger partial charge in [-0.25, -0.2) is 0 Å². The molecule has 0 bridgehead atoms. The summed E-state index contributed by atoms with van der Waals surface area (Å²) >= 11 is 1.89. The Hall–Kier alpha value is -6.74. The fourth-order valence-electron chi connectivity index (χ4n) is 8.76. The van der Waals surface area contributed by atoms with E-state index < -0.39 is 0 Å². The lowest BCUT2D eigenvalue weighted by Gasteiger charge is -2.25. The Balaban J connectivity index is 1.01. The molecule has 11 rings (SSSR count). The summed E-state index contributed by atoms with van der Waals surface area (Å²) in [5, 5.41) is 5.31. The second-order valence-corrected chi connectivity index (χ2v) is 15.6. The maximum Gasteiger partial charge on any atom is 0.0462 e. The Morgan fingerprint density at radius 2 is 0.964 bits per heavy atom. The molecule has 9 aromatic carbocycles. The lowest BCUT2D eigenvalue weighted by molar-refractivity contribution is 1.02. The van der Waals surface area contributed by atoms with Crippen LogP contribution in [0.5, 0.6) is 0 Å². The third kappa shape index (κ3) is 5.37. The number of anilines is 3. The summed E-state index contributed by atoms with van der Waals surface area (Å²) < 4.78 is 2.69. The van der Waals surface area contributed by atoms with E-state index in [-0.39, 0.29) is 5.92 Å². The molecule has 1 aromatic heterocycles. The van der Waals surface area contributed by atoms with E-state index in [1.807, 2.05) is 11.3 Å². The smallest absolute Gasteiger partial charge is 0.0462 e. The molecule has 1 nitrogen and oxygen atoms in total. The third-order valence-corrected chi connectivity index (χ3v) is 12.4. The molecule has 0 N–H and O–H groups in total. The van der Waals surface area contributed by atoms with Gasteiger partial charge in [0.1, 0.15) is 0 Å². The molecule has 0 aliphatic heterocycles. The number of nitrogens with zero attached hydrogens (tertiary/aromatic N) is 1. The van der Waals surface area contributed by atoms with E-state index in [9.17, 15) is 0 Å². The summed E-state index contributed by atoms with van der Waals surface area (Å²) in [6, 6.07) is 75.7. The van der Waals surface area contributed by atoms with Crippen molar-refractivity contribution >= 4 is 59.3 Å². The molecule has 2 heteroatoms. The molecule has 1 unspecified atom stereocenters. The maximum absolute atomic E-state index is 2.47. The lowest BCUT2D eigenvalue weighted by atomic mass is 9.88. The van der Waals surface area contributed by atoms with Crippen molar-refractivity contribution in [1.29, 1.82) is 0 Å². The molecule has 0 radical (unpaired) electrons. The minimum atomic E-state index is 0.191. The van der Waals surface area contributed by atoms with Crippen LogP contribution in [0.25, 0.3) is 64.3 Å². The summed E-state index contributed by atoms with van der Waals surface area (Å²) in [6.07, 6.45) is 0. The standard InChI is InChI=1S/C53H35NS/c1-4-13-36(14-5-1)52-45-29-25-39(32-49(45)53-46(52)30-26-40-33-51-48(34-47(40)53)44-21-10-11-22-50(44)55-51)38-16-12-15-37(31-38)35-23-27-43(28-24-35)54(41-17-6-2-7-18-41)42-19-8-3-9-20-42/h1-34,52H. The highest BCUT2D eigenvalue weighted by atomic mass is 32.1. The number of hydrogen-bond donors (Lipinski definition) is 0. The van der Waals surface area contributed by atoms with Gasteiger partial charge in [-0.3, -0.25) is 0 Å². The monoisotopic (exact) mass is 717 g/mol. The SMILES string of the molecule is c1ccc(C2c3ccc(-c4cccc(-c5ccc(N(c6ccccc6)c6ccccc6)cc5)c4)cc3-c3c2ccc2cc4sc5ccccc5c4cc32)cc1. The van der Waals surface area contributed by atoms with Gasteiger partial charge in [0.2, 0.25) is 0 Å². The van der Waals surface area contributed by atoms with Gasteiger partial charge in [0.15, 0.2) is 0 Å². The van der Waals surface area contributed by atoms with Crippen LogP contribution in [0, 0.1) is 0 Å². The van der Waals surface area contributed by atoms with Crippen molar-refractivity contribution in [2.45, 2.75) is 5.92 Å². The molecule has 1 aliphatic rings. The molecule has 0 spiro atoms. The third-order valence-electron chi connectivity index (χ3n) is 11.3. The number of fused-ring (bicyclic) bond motifs is 8. The molecule has 0 saturated carbocycles. The zero-order valence-corrected chi connectivity index (χ0v) is 30.9. The molecule has 55 heavy (non-hydrogen) atoms. The van der Waals surface area contributed by atoms with Crippen molar-refractivity contribution < 1.29 is 0 Å². The number of para-hydroxylation sites is 2. The van der Waals surface area contributed by atoms with Gasteiger partial charge < -0.3 is 4.90 Å². The van der Waals surface area contributed by atoms with Crippen molar-refractivity contribution in [3.63, 3.8) is 0 Å². The molecule has 1 atom stereocenters. The quantitative estimate of drug-likeness (QED) is 0.166. The van der Waals surface area contributed by atoms with Crippen LogP contribution in [0.1, 0.15) is 22.6 Å². The van der Waals surface area contributed by atoms with E-state index in [2.05, 4.69) is 211 Å². The van der Waals surface area contributed by atoms with Crippen LogP contribution in [-0.2, 0) is 0 Å². The predicted molar refractivity (Wildman–Crippen MR) is 235 cm³/mol. The number of hydrogen-bond acceptors (Lipinski definition) is 2. The molecular formula is C53H35NS. The predicted octanol–water partition coefficient (Wildman–Crippen LogP) is 15.2. The Morgan fingerprint density at radius 1 is 0.364 bits per heavy atom. The highest BCUT2D eigenvalue weighted by molar-refractivity contribution is 7.25. The summed E-state index contributed by atoms with van der Waals surface area (Å²) in [7, 11) is 0. The number of rotatable bonds is 6. The maximum atomic E-state index is 2.47. The number of benzene rings is 9. The molecule has 0 fully saturated rings. The molecule has 1 aliphatic carbocycles. The van der Waals surface area contributed by atoms with Crippen LogP contribution < -0.4 is 4.90 Å². The Labute approximate surface area is 325 Å². The average Bonchev–Trinajstić information content (AvgIpc) is 3.79. The van der Waals surface area contributed by atoms with E-state index in [4.69, 9.17) is 0 Å². The van der Waals surface area contributed by atoms with Gasteiger partial charge in [-0.05, 0) is 128 Å². The first-order valence-electron chi connectivity index (χ1n) is 19.0. The van der Waals surface area contributed by atoms with Gasteiger partial charge >= 0.3 is 0 Å². The van der Waals surface area contributed by atoms with Crippen molar-refractivity contribution in [3.8, 4) is 33.4 Å². The van der Waals surface area contributed by atoms with Crippen LogP contribution in [0.3, 0.4) is 0 Å². The zero-order valence-electron chi connectivity index (χ0n) is 30.1. The lowest BCUT2D eigenvalue weighted by Crippen LogP contribution is -2.09. The van der Waals surface area contributed by atoms with Gasteiger partial charge in [-0.1, -0.05) is 140 Å². The first-order valence-corrected chi connectivity index (χ1v) is 19.8. The minimum absolute atomic E-state index is 0.191. The minimum Gasteiger partial charge on any atom is -0.311 e. The van der Waals surface area contributed by atoms with E-state index >= 15 is 0 Å². The van der Waals surface area contributed by atoms with Crippen LogP contribution in [0.2, 0.25) is 0 Å². The largest absolute Gasteiger partial charge is 0.311 e. The fraction of sp³-hybridized carbons (Fsp3) is 0.0189. The highest BCUT2D eigenvalue weighted by Crippen LogP contribution is 2.52. The van der Waals surface area contributed by atoms with Crippen LogP contribution in [0.15, 0.2) is 206 Å². The normalized spacial score (nSPS) is 13.3. The molecular weight excluding hydrogens is 683 g/mol. The summed E-state index contributed by atoms with van der Waals surface area (Å²) in [5.41, 5.74) is 15.0. The van der Waals surface area contributed by atoms with Gasteiger partial charge in [0.05, 0.1) is 0 Å². The Bertz CT molecular complexity index is 2980. The second kappa shape index (κ2) is 13.0. The van der Waals surface area contributed by atoms with Crippen LogP contribution >= 0.6 is 11.3 Å². The molecule has 0 saturated heterocycles. The number of thiophene rings is 1. The highest BCUT2D eigenvalue weighted by Gasteiger charge is 2.32. The van der Waals surface area contributed by atoms with Crippen molar-refractivity contribution in [1.82, 2.24) is 0 Å². The first kappa shape index (κ1) is 31.8. The first-order chi connectivity index (χ1) is 27.3. The van der Waals surface area contributed by atoms with E-state index in [0.29, 0.717) is 0 Å². The Kier molecular flexibility index (Phi) is 7.50. The van der Waals surface area contributed by atoms with E-state index in [0.717, 1.165) is 17.1 Å². The van der Waals surface area contributed by atoms with Crippen molar-refractivity contribution in [3.05, 3.63) is 223 Å². The second-order valence-electron chi connectivity index (χ2n) is 14.5. The molecule has 10 aromatic rings. The fourth-order valence-corrected chi connectivity index (χ4v) is 9.90.